The van der Waals surface area contributed by atoms with Crippen molar-refractivity contribution in [2.75, 3.05) is 19.1 Å². The average molecular weight is 187 g/mol. The van der Waals surface area contributed by atoms with E-state index >= 15 is 0 Å². The van der Waals surface area contributed by atoms with Crippen LogP contribution in [0.1, 0.15) is 0 Å². The molecule has 12 heavy (non-hydrogen) atoms. The van der Waals surface area contributed by atoms with Crippen molar-refractivity contribution < 1.29 is 4.74 Å². The number of nitrogens with one attached hydrogen (secondary N) is 1. The van der Waals surface area contributed by atoms with E-state index in [-0.39, 0.29) is 0 Å². The van der Waals surface area contributed by atoms with Gasteiger partial charge in [-0.15, -0.1) is 0 Å². The number of methoxy groups -OCH3 is 1. The summed E-state index contributed by atoms with van der Waals surface area (Å²) in [7, 11) is 1.60. The highest BCUT2D eigenvalue weighted by atomic mass is 35.5. The van der Waals surface area contributed by atoms with Crippen molar-refractivity contribution in [3.05, 3.63) is 23.2 Å². The van der Waals surface area contributed by atoms with Gasteiger partial charge in [0.05, 0.1) is 19.5 Å². The molecule has 3 N–H and O–H groups in total. The molecule has 66 valence electrons. The van der Waals surface area contributed by atoms with Crippen molar-refractivity contribution in [2.24, 2.45) is 5.73 Å². The Morgan fingerprint density at radius 1 is 1.58 bits per heavy atom. The number of ether oxygens (including phenoxy) is 1. The van der Waals surface area contributed by atoms with Crippen LogP contribution in [0.15, 0.2) is 18.2 Å². The molecular weight excluding hydrogens is 176 g/mol. The predicted molar refractivity (Wildman–Crippen MR) is 50.7 cm³/mol. The molecule has 4 heteroatoms. The SMILES string of the molecule is COc1ccc(Cl)cc1NCN. The Morgan fingerprint density at radius 3 is 2.92 bits per heavy atom. The number of halogens is 1. The summed E-state index contributed by atoms with van der Waals surface area (Å²) in [6, 6.07) is 5.33. The quantitative estimate of drug-likeness (QED) is 0.707. The summed E-state index contributed by atoms with van der Waals surface area (Å²) in [6.07, 6.45) is 0. The van der Waals surface area contributed by atoms with Gasteiger partial charge >= 0.3 is 0 Å². The first-order chi connectivity index (χ1) is 5.77. The molecule has 0 spiro atoms. The monoisotopic (exact) mass is 186 g/mol. The fraction of sp³-hybridized carbons (Fsp3) is 0.250. The van der Waals surface area contributed by atoms with Gasteiger partial charge in [0.15, 0.2) is 0 Å². The third-order valence-electron chi connectivity index (χ3n) is 1.45. The second-order valence-corrected chi connectivity index (χ2v) is 2.66. The van der Waals surface area contributed by atoms with E-state index in [1.54, 1.807) is 25.3 Å². The molecule has 0 aliphatic rings. The van der Waals surface area contributed by atoms with Gasteiger partial charge in [-0.3, -0.25) is 0 Å². The van der Waals surface area contributed by atoms with Gasteiger partial charge in [0.1, 0.15) is 5.75 Å². The van der Waals surface area contributed by atoms with Crippen LogP contribution in [-0.4, -0.2) is 13.8 Å². The molecule has 0 atom stereocenters. The van der Waals surface area contributed by atoms with E-state index in [9.17, 15) is 0 Å². The summed E-state index contributed by atoms with van der Waals surface area (Å²) in [5.74, 6) is 0.741. The Bertz CT molecular complexity index is 265. The largest absolute Gasteiger partial charge is 0.495 e. The molecule has 1 aromatic rings. The maximum Gasteiger partial charge on any atom is 0.142 e. The van der Waals surface area contributed by atoms with Crippen LogP contribution in [0.4, 0.5) is 5.69 Å². The minimum Gasteiger partial charge on any atom is -0.495 e. The molecule has 0 aliphatic heterocycles. The van der Waals surface area contributed by atoms with Gasteiger partial charge in [0, 0.05) is 5.02 Å². The van der Waals surface area contributed by atoms with E-state index < -0.39 is 0 Å². The van der Waals surface area contributed by atoms with Gasteiger partial charge in [-0.2, -0.15) is 0 Å². The predicted octanol–water partition coefficient (Wildman–Crippen LogP) is 1.68. The summed E-state index contributed by atoms with van der Waals surface area (Å²) in [5, 5.41) is 3.60. The number of benzene rings is 1. The first-order valence-electron chi connectivity index (χ1n) is 3.55. The van der Waals surface area contributed by atoms with Crippen LogP contribution in [-0.2, 0) is 0 Å². The molecule has 0 saturated heterocycles. The Hall–Kier alpha value is -0.930. The van der Waals surface area contributed by atoms with Crippen LogP contribution < -0.4 is 15.8 Å². The number of hydrogen-bond acceptors (Lipinski definition) is 3. The van der Waals surface area contributed by atoms with Crippen molar-refractivity contribution in [3.63, 3.8) is 0 Å². The zero-order valence-corrected chi connectivity index (χ0v) is 7.56. The highest BCUT2D eigenvalue weighted by Gasteiger charge is 2.00. The van der Waals surface area contributed by atoms with E-state index in [1.807, 2.05) is 0 Å². The Morgan fingerprint density at radius 2 is 2.33 bits per heavy atom. The van der Waals surface area contributed by atoms with Gasteiger partial charge in [-0.05, 0) is 18.2 Å². The zero-order valence-electron chi connectivity index (χ0n) is 6.80. The van der Waals surface area contributed by atoms with Gasteiger partial charge in [-0.25, -0.2) is 0 Å². The van der Waals surface area contributed by atoms with E-state index in [0.717, 1.165) is 11.4 Å². The molecule has 0 fully saturated rings. The maximum atomic E-state index is 5.77. The normalized spacial score (nSPS) is 9.58. The first-order valence-corrected chi connectivity index (χ1v) is 3.93. The van der Waals surface area contributed by atoms with E-state index in [1.165, 1.54) is 0 Å². The molecule has 0 aromatic heterocycles. The number of hydrogen-bond donors (Lipinski definition) is 2. The number of anilines is 1. The van der Waals surface area contributed by atoms with Gasteiger partial charge in [-0.1, -0.05) is 11.6 Å². The number of nitrogens with two attached hydrogens (primary N) is 1. The average Bonchev–Trinajstić information content (AvgIpc) is 2.05. The Labute approximate surface area is 76.5 Å². The van der Waals surface area contributed by atoms with Crippen LogP contribution in [0.25, 0.3) is 0 Å². The molecule has 0 unspecified atom stereocenters. The summed E-state index contributed by atoms with van der Waals surface area (Å²) in [6.45, 7) is 0.358. The minimum atomic E-state index is 0.358. The minimum absolute atomic E-state index is 0.358. The van der Waals surface area contributed by atoms with Gasteiger partial charge in [0.2, 0.25) is 0 Å². The second-order valence-electron chi connectivity index (χ2n) is 2.23. The van der Waals surface area contributed by atoms with Crippen LogP contribution in [0, 0.1) is 0 Å². The van der Waals surface area contributed by atoms with Crippen molar-refractivity contribution in [1.82, 2.24) is 0 Å². The Kier molecular flexibility index (Phi) is 3.19. The summed E-state index contributed by atoms with van der Waals surface area (Å²) >= 11 is 5.77. The smallest absolute Gasteiger partial charge is 0.142 e. The lowest BCUT2D eigenvalue weighted by atomic mass is 10.3. The molecule has 0 saturated carbocycles. The maximum absolute atomic E-state index is 5.77. The summed E-state index contributed by atoms with van der Waals surface area (Å²) < 4.78 is 5.08. The van der Waals surface area contributed by atoms with Crippen LogP contribution in [0.2, 0.25) is 5.02 Å². The molecule has 3 nitrogen and oxygen atoms in total. The lowest BCUT2D eigenvalue weighted by molar-refractivity contribution is 0.416. The molecule has 0 bridgehead atoms. The van der Waals surface area contributed by atoms with E-state index in [2.05, 4.69) is 5.32 Å². The molecule has 0 amide bonds. The molecule has 0 aliphatic carbocycles. The fourth-order valence-electron chi connectivity index (χ4n) is 0.928. The van der Waals surface area contributed by atoms with Crippen LogP contribution >= 0.6 is 11.6 Å². The highest BCUT2D eigenvalue weighted by molar-refractivity contribution is 6.30. The summed E-state index contributed by atoms with van der Waals surface area (Å²) in [4.78, 5) is 0. The van der Waals surface area contributed by atoms with Crippen LogP contribution in [0.3, 0.4) is 0 Å². The molecule has 1 rings (SSSR count). The van der Waals surface area contributed by atoms with Gasteiger partial charge < -0.3 is 15.8 Å². The van der Waals surface area contributed by atoms with Crippen molar-refractivity contribution in [3.8, 4) is 5.75 Å². The molecule has 1 aromatic carbocycles. The standard InChI is InChI=1S/C8H11ClN2O/c1-12-8-3-2-6(9)4-7(8)11-5-10/h2-4,11H,5,10H2,1H3. The topological polar surface area (TPSA) is 47.3 Å². The zero-order chi connectivity index (χ0) is 8.97. The van der Waals surface area contributed by atoms with Gasteiger partial charge in [0.25, 0.3) is 0 Å². The second kappa shape index (κ2) is 4.18. The fourth-order valence-corrected chi connectivity index (χ4v) is 1.10. The van der Waals surface area contributed by atoms with Crippen LogP contribution in [0.5, 0.6) is 5.75 Å². The van der Waals surface area contributed by atoms with E-state index in [0.29, 0.717) is 11.7 Å². The molecule has 0 heterocycles. The molecule has 0 radical (unpaired) electrons. The lowest BCUT2D eigenvalue weighted by Gasteiger charge is -2.08. The summed E-state index contributed by atoms with van der Waals surface area (Å²) in [5.41, 5.74) is 6.14. The van der Waals surface area contributed by atoms with Crippen molar-refractivity contribution in [2.45, 2.75) is 0 Å². The first kappa shape index (κ1) is 9.16. The van der Waals surface area contributed by atoms with E-state index in [4.69, 9.17) is 22.1 Å². The Balaban J connectivity index is 2.95. The number of rotatable bonds is 3. The lowest BCUT2D eigenvalue weighted by Crippen LogP contribution is -2.11. The molecular formula is C8H11ClN2O. The van der Waals surface area contributed by atoms with Crippen molar-refractivity contribution >= 4 is 17.3 Å². The highest BCUT2D eigenvalue weighted by Crippen LogP contribution is 2.26. The third kappa shape index (κ3) is 2.03. The van der Waals surface area contributed by atoms with Crippen molar-refractivity contribution in [1.29, 1.82) is 0 Å². The third-order valence-corrected chi connectivity index (χ3v) is 1.69.